The topological polar surface area (TPSA) is 285 Å². The van der Waals surface area contributed by atoms with Gasteiger partial charge in [-0.05, 0) is 56.9 Å². The van der Waals surface area contributed by atoms with Crippen LogP contribution in [0.5, 0.6) is 0 Å². The lowest BCUT2D eigenvalue weighted by Crippen LogP contribution is -2.61. The van der Waals surface area contributed by atoms with Crippen LogP contribution < -0.4 is 27.0 Å². The van der Waals surface area contributed by atoms with Crippen molar-refractivity contribution in [3.63, 3.8) is 0 Å². The van der Waals surface area contributed by atoms with E-state index in [1.165, 1.54) is 17.4 Å². The molecule has 1 aliphatic rings. The smallest absolute Gasteiger partial charge is 0.394 e. The molecule has 19 nitrogen and oxygen atoms in total. The highest BCUT2D eigenvalue weighted by molar-refractivity contribution is 7.46. The van der Waals surface area contributed by atoms with Crippen LogP contribution in [0.2, 0.25) is 0 Å². The fourth-order valence-corrected chi connectivity index (χ4v) is 7.91. The third-order valence-electron chi connectivity index (χ3n) is 10.5. The molecular weight excluding hydrogens is 811 g/mol. The highest BCUT2D eigenvalue weighted by atomic mass is 31.2. The van der Waals surface area contributed by atoms with Gasteiger partial charge in [-0.1, -0.05) is 76.3 Å². The van der Waals surface area contributed by atoms with E-state index in [2.05, 4.69) is 55.0 Å². The van der Waals surface area contributed by atoms with Gasteiger partial charge in [0.2, 0.25) is 35.4 Å². The Morgan fingerprint density at radius 3 is 2.08 bits per heavy atom. The van der Waals surface area contributed by atoms with E-state index in [9.17, 15) is 48.2 Å². The summed E-state index contributed by atoms with van der Waals surface area (Å²) in [5, 5.41) is 20.2. The molecule has 0 bridgehead atoms. The normalized spacial score (nSPS) is 16.6. The lowest BCUT2D eigenvalue weighted by atomic mass is 10.0. The van der Waals surface area contributed by atoms with Crippen molar-refractivity contribution in [2.24, 2.45) is 11.7 Å². The summed E-state index contributed by atoms with van der Waals surface area (Å²) in [6, 6.07) is 3.69. The summed E-state index contributed by atoms with van der Waals surface area (Å²) in [5.74, 6) is -4.81. The van der Waals surface area contributed by atoms with Gasteiger partial charge < -0.3 is 51.4 Å². The number of aromatic nitrogens is 2. The molecule has 2 aromatic rings. The van der Waals surface area contributed by atoms with E-state index in [0.717, 1.165) is 58.3 Å². The minimum atomic E-state index is -5.11. The third-order valence-corrected chi connectivity index (χ3v) is 11.2. The van der Waals surface area contributed by atoms with E-state index < -0.39 is 80.3 Å². The predicted octanol–water partition coefficient (Wildman–Crippen LogP) is 1.37. The van der Waals surface area contributed by atoms with Crippen molar-refractivity contribution in [3.8, 4) is 0 Å². The van der Waals surface area contributed by atoms with Crippen LogP contribution in [0.25, 0.3) is 0 Å². The van der Waals surface area contributed by atoms with E-state index in [0.29, 0.717) is 31.6 Å². The molecule has 2 heterocycles. The zero-order chi connectivity index (χ0) is 45.1. The maximum atomic E-state index is 14.0. The van der Waals surface area contributed by atoms with Crippen molar-refractivity contribution < 1.29 is 52.7 Å². The van der Waals surface area contributed by atoms with Gasteiger partial charge in [0.1, 0.15) is 30.2 Å². The van der Waals surface area contributed by atoms with Crippen molar-refractivity contribution in [2.75, 3.05) is 13.2 Å². The monoisotopic (exact) mass is 876 g/mol. The van der Waals surface area contributed by atoms with Gasteiger partial charge in [0.05, 0.1) is 19.0 Å². The fourth-order valence-electron chi connectivity index (χ4n) is 7.35. The lowest BCUT2D eigenvalue weighted by Gasteiger charge is -2.28. The number of carbonyl (C=O) groups excluding carboxylic acids is 6. The third kappa shape index (κ3) is 17.7. The van der Waals surface area contributed by atoms with E-state index in [1.54, 1.807) is 12.5 Å². The maximum Gasteiger partial charge on any atom is 0.469 e. The number of imidazole rings is 1. The molecule has 1 fully saturated rings. The maximum absolute atomic E-state index is 14.0. The number of benzene rings is 1. The van der Waals surface area contributed by atoms with Crippen LogP contribution in [-0.4, -0.2) is 114 Å². The van der Waals surface area contributed by atoms with E-state index in [4.69, 9.17) is 5.73 Å². The number of hydrogen-bond donors (Lipinski definition) is 8. The molecule has 1 aromatic carbocycles. The number of carbonyl (C=O) groups is 6. The molecule has 1 unspecified atom stereocenters. The van der Waals surface area contributed by atoms with E-state index in [1.807, 2.05) is 24.5 Å². The van der Waals surface area contributed by atoms with Crippen molar-refractivity contribution >= 4 is 43.3 Å². The molecule has 0 aliphatic carbocycles. The number of amides is 6. The van der Waals surface area contributed by atoms with Crippen molar-refractivity contribution in [3.05, 3.63) is 54.1 Å². The average molecular weight is 877 g/mol. The average Bonchev–Trinajstić information content (AvgIpc) is 3.87. The van der Waals surface area contributed by atoms with Crippen LogP contribution in [-0.2, 0) is 57.2 Å². The Morgan fingerprint density at radius 2 is 1.48 bits per heavy atom. The Morgan fingerprint density at radius 1 is 0.869 bits per heavy atom. The zero-order valence-corrected chi connectivity index (χ0v) is 36.6. The highest BCUT2D eigenvalue weighted by Gasteiger charge is 2.37. The van der Waals surface area contributed by atoms with Crippen molar-refractivity contribution in [1.82, 2.24) is 35.7 Å². The number of phosphoric ester groups is 1. The quantitative estimate of drug-likeness (QED) is 0.0467. The predicted molar refractivity (Wildman–Crippen MR) is 225 cm³/mol. The van der Waals surface area contributed by atoms with Gasteiger partial charge in [0.25, 0.3) is 0 Å². The molecule has 61 heavy (non-hydrogen) atoms. The Labute approximate surface area is 357 Å². The number of unbranched alkanes of at least 4 members (excludes halogenated alkanes) is 6. The van der Waals surface area contributed by atoms with Crippen LogP contribution in [0, 0.1) is 5.92 Å². The number of nitrogens with one attached hydrogen (secondary N) is 4. The molecule has 0 spiro atoms. The SMILES string of the molecule is CC(=O)N1CCCC1C(=O)N[C@@H](CC(C)C)C(=O)N[C@@H](Cc1cncn1CCCCCCCCCc1ccccc1)C(=O)N[C@@H](CO)C(=O)N[C@H](C(N)=O)[C@@H](C)OP(=O)(O)O. The Kier molecular flexibility index (Phi) is 21.0. The standard InChI is InChI=1S/C41H65N8O11P/c1-27(2)22-32(45-41(56)35-19-15-21-49(35)29(4)51)38(53)44-33(39(54)46-34(25-50)40(55)47-36(37(42)52)28(3)60-61(57,58)59)23-31-24-43-26-48(31)20-14-9-7-5-6-8-11-16-30-17-12-10-13-18-30/h10,12-13,17-18,24,26-28,32-36,50H,5-9,11,14-16,19-23,25H2,1-4H3,(H2,42,52)(H,44,53)(H,45,56)(H,46,54)(H,47,55)(H2,57,58,59)/t28-,32+,33+,34+,35?,36+/m1/s1. The number of nitrogens with two attached hydrogens (primary N) is 1. The second kappa shape index (κ2) is 25.3. The number of aliphatic hydroxyl groups excluding tert-OH is 1. The number of rotatable bonds is 27. The number of hydrogen-bond acceptors (Lipinski definition) is 10. The molecular formula is C41H65N8O11P. The summed E-state index contributed by atoms with van der Waals surface area (Å²) in [6.45, 7) is 6.18. The zero-order valence-electron chi connectivity index (χ0n) is 35.7. The summed E-state index contributed by atoms with van der Waals surface area (Å²) in [7, 11) is -5.11. The van der Waals surface area contributed by atoms with Crippen LogP contribution >= 0.6 is 7.82 Å². The van der Waals surface area contributed by atoms with Crippen molar-refractivity contribution in [1.29, 1.82) is 0 Å². The highest BCUT2D eigenvalue weighted by Crippen LogP contribution is 2.38. The fraction of sp³-hybridized carbons (Fsp3) is 0.634. The van der Waals surface area contributed by atoms with Crippen LogP contribution in [0.4, 0.5) is 0 Å². The summed E-state index contributed by atoms with van der Waals surface area (Å²) < 4.78 is 17.8. The second-order valence-corrected chi connectivity index (χ2v) is 17.2. The Balaban J connectivity index is 1.74. The van der Waals surface area contributed by atoms with Crippen LogP contribution in [0.1, 0.15) is 103 Å². The van der Waals surface area contributed by atoms with Gasteiger partial charge in [-0.3, -0.25) is 33.3 Å². The first-order chi connectivity index (χ1) is 28.9. The van der Waals surface area contributed by atoms with Gasteiger partial charge >= 0.3 is 7.82 Å². The molecule has 340 valence electrons. The largest absolute Gasteiger partial charge is 0.469 e. The molecule has 3 rings (SSSR count). The van der Waals surface area contributed by atoms with Gasteiger partial charge in [-0.2, -0.15) is 0 Å². The molecule has 9 N–H and O–H groups in total. The molecule has 20 heteroatoms. The van der Waals surface area contributed by atoms with Crippen LogP contribution in [0.15, 0.2) is 42.9 Å². The first-order valence-electron chi connectivity index (χ1n) is 21.1. The van der Waals surface area contributed by atoms with E-state index >= 15 is 0 Å². The number of nitrogens with zero attached hydrogens (tertiary/aromatic N) is 3. The number of phosphoric acid groups is 1. The minimum Gasteiger partial charge on any atom is -0.394 e. The molecule has 1 aromatic heterocycles. The molecule has 0 radical (unpaired) electrons. The van der Waals surface area contributed by atoms with Crippen LogP contribution in [0.3, 0.4) is 0 Å². The minimum absolute atomic E-state index is 0.0795. The van der Waals surface area contributed by atoms with Gasteiger partial charge in [0, 0.05) is 38.3 Å². The Hall–Kier alpha value is -4.68. The summed E-state index contributed by atoms with van der Waals surface area (Å²) >= 11 is 0. The second-order valence-electron chi connectivity index (χ2n) is 16.0. The Bertz CT molecular complexity index is 1790. The van der Waals surface area contributed by atoms with Gasteiger partial charge in [-0.15, -0.1) is 0 Å². The molecule has 6 atom stereocenters. The lowest BCUT2D eigenvalue weighted by molar-refractivity contribution is -0.139. The van der Waals surface area contributed by atoms with Crippen molar-refractivity contribution in [2.45, 2.75) is 148 Å². The number of aliphatic hydroxyl groups is 1. The molecule has 0 saturated carbocycles. The van der Waals surface area contributed by atoms with Gasteiger partial charge in [-0.25, -0.2) is 9.55 Å². The molecule has 1 saturated heterocycles. The molecule has 6 amide bonds. The number of aryl methyl sites for hydroxylation is 2. The summed E-state index contributed by atoms with van der Waals surface area (Å²) in [5.41, 5.74) is 7.28. The number of likely N-dealkylation sites (tertiary alicyclic amines) is 1. The summed E-state index contributed by atoms with van der Waals surface area (Å²) in [4.78, 5) is 103. The first-order valence-corrected chi connectivity index (χ1v) is 22.6. The van der Waals surface area contributed by atoms with Gasteiger partial charge in [0.15, 0.2) is 0 Å². The molecule has 1 aliphatic heterocycles. The van der Waals surface area contributed by atoms with E-state index in [-0.39, 0.29) is 24.7 Å². The number of primary amides is 1. The first kappa shape index (κ1) is 50.7. The summed E-state index contributed by atoms with van der Waals surface area (Å²) in [6.07, 6.45) is 11.2.